The summed E-state index contributed by atoms with van der Waals surface area (Å²) in [6.07, 6.45) is 0.935. The minimum Gasteiger partial charge on any atom is -0.356 e. The summed E-state index contributed by atoms with van der Waals surface area (Å²) in [5.41, 5.74) is 4.73. The largest absolute Gasteiger partial charge is 0.356 e. The molecule has 24 heavy (non-hydrogen) atoms. The number of hydrogen-bond acceptors (Lipinski definition) is 4. The Balaban J connectivity index is 0.00000288. The van der Waals surface area contributed by atoms with Gasteiger partial charge < -0.3 is 10.6 Å². The molecule has 0 fully saturated rings. The van der Waals surface area contributed by atoms with E-state index in [4.69, 9.17) is 0 Å². The molecule has 0 aliphatic carbocycles. The summed E-state index contributed by atoms with van der Waals surface area (Å²) < 4.78 is 1.94. The van der Waals surface area contributed by atoms with Crippen LogP contribution in [0, 0.1) is 27.7 Å². The molecule has 134 valence electrons. The van der Waals surface area contributed by atoms with Crippen molar-refractivity contribution in [1.29, 1.82) is 0 Å². The van der Waals surface area contributed by atoms with E-state index in [0.29, 0.717) is 0 Å². The molecule has 0 atom stereocenters. The summed E-state index contributed by atoms with van der Waals surface area (Å²) in [6, 6.07) is 0. The zero-order valence-electron chi connectivity index (χ0n) is 15.2. The standard InChI is InChI=1S/C16H26N6S.HI/c1-10-14(12(3)22(6)21-10)7-8-18-16(17-5)19-9-15-11(2)20-13(4)23-15;/h7-9H2,1-6H3,(H2,17,18,19);1H. The number of aromatic nitrogens is 3. The number of guanidine groups is 1. The Labute approximate surface area is 165 Å². The average Bonchev–Trinajstić information content (AvgIpc) is 2.94. The average molecular weight is 462 g/mol. The summed E-state index contributed by atoms with van der Waals surface area (Å²) in [5.74, 6) is 0.814. The molecule has 2 aromatic rings. The predicted molar refractivity (Wildman–Crippen MR) is 112 cm³/mol. The lowest BCUT2D eigenvalue weighted by atomic mass is 10.1. The fourth-order valence-corrected chi connectivity index (χ4v) is 3.48. The van der Waals surface area contributed by atoms with Gasteiger partial charge in [0.2, 0.25) is 0 Å². The van der Waals surface area contributed by atoms with Crippen LogP contribution in [-0.4, -0.2) is 34.3 Å². The zero-order chi connectivity index (χ0) is 17.0. The van der Waals surface area contributed by atoms with Crippen LogP contribution >= 0.6 is 35.3 Å². The van der Waals surface area contributed by atoms with Crippen molar-refractivity contribution < 1.29 is 0 Å². The Morgan fingerprint density at radius 3 is 2.38 bits per heavy atom. The second-order valence-electron chi connectivity index (χ2n) is 5.62. The molecule has 0 aliphatic rings. The van der Waals surface area contributed by atoms with Gasteiger partial charge in [-0.3, -0.25) is 9.67 Å². The number of aliphatic imine (C=N–C) groups is 1. The molecule has 0 radical (unpaired) electrons. The van der Waals surface area contributed by atoms with Crippen LogP contribution in [0.15, 0.2) is 4.99 Å². The van der Waals surface area contributed by atoms with Gasteiger partial charge in [0.25, 0.3) is 0 Å². The van der Waals surface area contributed by atoms with Crippen molar-refractivity contribution >= 4 is 41.3 Å². The number of thiazole rings is 1. The van der Waals surface area contributed by atoms with Crippen LogP contribution in [0.3, 0.4) is 0 Å². The third-order valence-corrected chi connectivity index (χ3v) is 5.04. The van der Waals surface area contributed by atoms with Crippen molar-refractivity contribution in [2.45, 2.75) is 40.7 Å². The van der Waals surface area contributed by atoms with Gasteiger partial charge in [0.15, 0.2) is 5.96 Å². The number of aryl methyl sites for hydroxylation is 4. The van der Waals surface area contributed by atoms with Gasteiger partial charge in [-0.05, 0) is 39.7 Å². The molecule has 0 saturated heterocycles. The molecule has 2 N–H and O–H groups in total. The van der Waals surface area contributed by atoms with Crippen molar-refractivity contribution in [2.75, 3.05) is 13.6 Å². The first-order valence-corrected chi connectivity index (χ1v) is 8.60. The highest BCUT2D eigenvalue weighted by Crippen LogP contribution is 2.16. The van der Waals surface area contributed by atoms with E-state index in [1.807, 2.05) is 25.6 Å². The van der Waals surface area contributed by atoms with E-state index in [1.165, 1.54) is 16.1 Å². The van der Waals surface area contributed by atoms with Crippen LogP contribution in [0.25, 0.3) is 0 Å². The Kier molecular flexibility index (Phi) is 8.14. The van der Waals surface area contributed by atoms with Gasteiger partial charge >= 0.3 is 0 Å². The number of nitrogens with zero attached hydrogens (tertiary/aromatic N) is 4. The summed E-state index contributed by atoms with van der Waals surface area (Å²) >= 11 is 1.73. The summed E-state index contributed by atoms with van der Waals surface area (Å²) in [4.78, 5) is 9.98. The van der Waals surface area contributed by atoms with Gasteiger partial charge in [-0.15, -0.1) is 35.3 Å². The zero-order valence-corrected chi connectivity index (χ0v) is 18.4. The van der Waals surface area contributed by atoms with Crippen molar-refractivity contribution in [2.24, 2.45) is 12.0 Å². The first-order chi connectivity index (χ1) is 10.9. The van der Waals surface area contributed by atoms with E-state index in [2.05, 4.69) is 39.6 Å². The SMILES string of the molecule is CN=C(NCCc1c(C)nn(C)c1C)NCc1sc(C)nc1C.I. The maximum Gasteiger partial charge on any atom is 0.191 e. The van der Waals surface area contributed by atoms with E-state index >= 15 is 0 Å². The van der Waals surface area contributed by atoms with Gasteiger partial charge in [-0.2, -0.15) is 5.10 Å². The van der Waals surface area contributed by atoms with Crippen LogP contribution in [0.2, 0.25) is 0 Å². The Morgan fingerprint density at radius 1 is 1.17 bits per heavy atom. The van der Waals surface area contributed by atoms with Crippen LogP contribution in [-0.2, 0) is 20.0 Å². The van der Waals surface area contributed by atoms with Gasteiger partial charge in [-0.1, -0.05) is 0 Å². The molecule has 0 unspecified atom stereocenters. The van der Waals surface area contributed by atoms with Crippen LogP contribution in [0.5, 0.6) is 0 Å². The first kappa shape index (κ1) is 20.9. The number of rotatable bonds is 5. The Hall–Kier alpha value is -1.16. The van der Waals surface area contributed by atoms with E-state index in [9.17, 15) is 0 Å². The molecule has 0 bridgehead atoms. The second kappa shape index (κ2) is 9.36. The Morgan fingerprint density at radius 2 is 1.88 bits per heavy atom. The topological polar surface area (TPSA) is 67.1 Å². The molecule has 8 heteroatoms. The molecule has 2 rings (SSSR count). The fourth-order valence-electron chi connectivity index (χ4n) is 2.61. The molecule has 0 spiro atoms. The minimum atomic E-state index is 0. The van der Waals surface area contributed by atoms with Gasteiger partial charge in [0, 0.05) is 31.2 Å². The third kappa shape index (κ3) is 5.17. The number of nitrogens with one attached hydrogen (secondary N) is 2. The van der Waals surface area contributed by atoms with Crippen molar-refractivity contribution in [3.05, 3.63) is 32.5 Å². The molecule has 0 amide bonds. The molecule has 0 saturated carbocycles. The predicted octanol–water partition coefficient (Wildman–Crippen LogP) is 2.64. The quantitative estimate of drug-likeness (QED) is 0.408. The van der Waals surface area contributed by atoms with E-state index in [1.54, 1.807) is 18.4 Å². The molecule has 0 aliphatic heterocycles. The Bertz CT molecular complexity index is 704. The van der Waals surface area contributed by atoms with Crippen molar-refractivity contribution in [3.63, 3.8) is 0 Å². The summed E-state index contributed by atoms with van der Waals surface area (Å²) in [5, 5.41) is 12.3. The first-order valence-electron chi connectivity index (χ1n) is 7.78. The normalized spacial score (nSPS) is 11.3. The molecule has 6 nitrogen and oxygen atoms in total. The highest BCUT2D eigenvalue weighted by Gasteiger charge is 2.09. The van der Waals surface area contributed by atoms with Gasteiger partial charge in [-0.25, -0.2) is 4.98 Å². The maximum atomic E-state index is 4.45. The summed E-state index contributed by atoms with van der Waals surface area (Å²) in [6.45, 7) is 9.83. The summed E-state index contributed by atoms with van der Waals surface area (Å²) in [7, 11) is 3.78. The minimum absolute atomic E-state index is 0. The fraction of sp³-hybridized carbons (Fsp3) is 0.562. The van der Waals surface area contributed by atoms with Gasteiger partial charge in [0.05, 0.1) is 22.9 Å². The molecule has 2 aromatic heterocycles. The van der Waals surface area contributed by atoms with Gasteiger partial charge in [0.1, 0.15) is 0 Å². The molecular weight excluding hydrogens is 435 g/mol. The smallest absolute Gasteiger partial charge is 0.191 e. The van der Waals surface area contributed by atoms with Crippen LogP contribution in [0.1, 0.15) is 32.5 Å². The lowest BCUT2D eigenvalue weighted by molar-refractivity contribution is 0.729. The molecule has 0 aromatic carbocycles. The number of halogens is 1. The van der Waals surface area contributed by atoms with Crippen molar-refractivity contribution in [1.82, 2.24) is 25.4 Å². The monoisotopic (exact) mass is 462 g/mol. The highest BCUT2D eigenvalue weighted by atomic mass is 127. The molecular formula is C16H27IN6S. The van der Waals surface area contributed by atoms with E-state index < -0.39 is 0 Å². The lowest BCUT2D eigenvalue weighted by Crippen LogP contribution is -2.37. The lowest BCUT2D eigenvalue weighted by Gasteiger charge is -2.11. The maximum absolute atomic E-state index is 4.45. The number of hydrogen-bond donors (Lipinski definition) is 2. The second-order valence-corrected chi connectivity index (χ2v) is 6.90. The van der Waals surface area contributed by atoms with Crippen LogP contribution < -0.4 is 10.6 Å². The van der Waals surface area contributed by atoms with Crippen molar-refractivity contribution in [3.8, 4) is 0 Å². The third-order valence-electron chi connectivity index (χ3n) is 3.97. The highest BCUT2D eigenvalue weighted by molar-refractivity contribution is 14.0. The van der Waals surface area contributed by atoms with E-state index in [0.717, 1.165) is 41.9 Å². The van der Waals surface area contributed by atoms with Crippen LogP contribution in [0.4, 0.5) is 0 Å². The molecule has 2 heterocycles. The van der Waals surface area contributed by atoms with E-state index in [-0.39, 0.29) is 24.0 Å².